The van der Waals surface area contributed by atoms with Gasteiger partial charge in [0, 0.05) is 6.42 Å². The number of ether oxygens (including phenoxy) is 1. The van der Waals surface area contributed by atoms with Crippen LogP contribution in [0.5, 0.6) is 5.75 Å². The van der Waals surface area contributed by atoms with Gasteiger partial charge in [-0.1, -0.05) is 6.07 Å². The lowest BCUT2D eigenvalue weighted by atomic mass is 10.1. The molecule has 0 aliphatic heterocycles. The van der Waals surface area contributed by atoms with Crippen LogP contribution in [0.1, 0.15) is 37.5 Å². The molecule has 90 valence electrons. The summed E-state index contributed by atoms with van der Waals surface area (Å²) in [7, 11) is 0. The highest BCUT2D eigenvalue weighted by molar-refractivity contribution is 5.36. The van der Waals surface area contributed by atoms with Crippen molar-refractivity contribution in [2.24, 2.45) is 0 Å². The van der Waals surface area contributed by atoms with Crippen LogP contribution in [0, 0.1) is 6.92 Å². The van der Waals surface area contributed by atoms with Gasteiger partial charge in [-0.25, -0.2) is 0 Å². The van der Waals surface area contributed by atoms with Crippen molar-refractivity contribution >= 4 is 0 Å². The predicted octanol–water partition coefficient (Wildman–Crippen LogP) is 2.20. The van der Waals surface area contributed by atoms with Crippen molar-refractivity contribution in [3.8, 4) is 5.75 Å². The summed E-state index contributed by atoms with van der Waals surface area (Å²) in [6, 6.07) is 5.64. The van der Waals surface area contributed by atoms with Gasteiger partial charge in [0.1, 0.15) is 5.75 Å². The number of aliphatic hydroxyl groups is 2. The van der Waals surface area contributed by atoms with Crippen LogP contribution in [-0.4, -0.2) is 22.9 Å². The van der Waals surface area contributed by atoms with Crippen molar-refractivity contribution < 1.29 is 14.9 Å². The molecule has 3 nitrogen and oxygen atoms in total. The zero-order chi connectivity index (χ0) is 12.1. The van der Waals surface area contributed by atoms with Gasteiger partial charge in [-0.3, -0.25) is 0 Å². The van der Waals surface area contributed by atoms with Gasteiger partial charge in [0.2, 0.25) is 0 Å². The minimum absolute atomic E-state index is 0.336. The first-order valence-electron chi connectivity index (χ1n) is 5.60. The Morgan fingerprint density at radius 3 is 2.44 bits per heavy atom. The zero-order valence-electron chi connectivity index (χ0n) is 10.1. The molecular formula is C13H20O3. The number of hydrogen-bond donors (Lipinski definition) is 2. The van der Waals surface area contributed by atoms with Crippen LogP contribution in [0.3, 0.4) is 0 Å². The molecule has 0 fully saturated rings. The Morgan fingerprint density at radius 2 is 1.94 bits per heavy atom. The maximum Gasteiger partial charge on any atom is 0.122 e. The number of benzene rings is 1. The summed E-state index contributed by atoms with van der Waals surface area (Å²) in [6.07, 6.45) is -0.167. The molecule has 1 aromatic rings. The minimum atomic E-state index is -0.454. The molecule has 3 heteroatoms. The van der Waals surface area contributed by atoms with E-state index in [1.165, 1.54) is 0 Å². The van der Waals surface area contributed by atoms with Crippen LogP contribution in [0.2, 0.25) is 0 Å². The predicted molar refractivity (Wildman–Crippen MR) is 63.6 cm³/mol. The third-order valence-electron chi connectivity index (χ3n) is 2.47. The van der Waals surface area contributed by atoms with Crippen molar-refractivity contribution in [3.63, 3.8) is 0 Å². The molecule has 0 saturated heterocycles. The van der Waals surface area contributed by atoms with Crippen LogP contribution in [-0.2, 0) is 0 Å². The molecule has 1 aromatic carbocycles. The monoisotopic (exact) mass is 224 g/mol. The highest BCUT2D eigenvalue weighted by Gasteiger charge is 2.05. The largest absolute Gasteiger partial charge is 0.493 e. The first-order chi connectivity index (χ1) is 7.50. The molecule has 0 spiro atoms. The van der Waals surface area contributed by atoms with Gasteiger partial charge >= 0.3 is 0 Å². The summed E-state index contributed by atoms with van der Waals surface area (Å²) in [5, 5.41) is 18.5. The summed E-state index contributed by atoms with van der Waals surface area (Å²) < 4.78 is 5.54. The molecular weight excluding hydrogens is 204 g/mol. The molecule has 0 amide bonds. The van der Waals surface area contributed by atoms with Gasteiger partial charge in [0.15, 0.2) is 0 Å². The fourth-order valence-corrected chi connectivity index (χ4v) is 1.43. The van der Waals surface area contributed by atoms with Crippen molar-refractivity contribution in [1.82, 2.24) is 0 Å². The van der Waals surface area contributed by atoms with Crippen molar-refractivity contribution in [2.75, 3.05) is 6.61 Å². The van der Waals surface area contributed by atoms with Gasteiger partial charge in [0.25, 0.3) is 0 Å². The minimum Gasteiger partial charge on any atom is -0.493 e. The van der Waals surface area contributed by atoms with Crippen molar-refractivity contribution in [2.45, 2.75) is 39.4 Å². The Kier molecular flexibility index (Phi) is 4.77. The Labute approximate surface area is 96.7 Å². The van der Waals surface area contributed by atoms with Gasteiger partial charge in [-0.15, -0.1) is 0 Å². The molecule has 2 atom stereocenters. The van der Waals surface area contributed by atoms with Crippen LogP contribution in [0.4, 0.5) is 0 Å². The Bertz CT molecular complexity index is 332. The molecule has 1 rings (SSSR count). The van der Waals surface area contributed by atoms with Crippen LogP contribution in [0.25, 0.3) is 0 Å². The SMILES string of the molecule is Cc1cc(C(C)O)ccc1OCCC(C)O. The molecule has 0 bridgehead atoms. The highest BCUT2D eigenvalue weighted by Crippen LogP contribution is 2.22. The van der Waals surface area contributed by atoms with Gasteiger partial charge < -0.3 is 14.9 Å². The summed E-state index contributed by atoms with van der Waals surface area (Å²) in [5.41, 5.74) is 1.89. The maximum atomic E-state index is 9.41. The quantitative estimate of drug-likeness (QED) is 0.806. The molecule has 0 aliphatic carbocycles. The highest BCUT2D eigenvalue weighted by atomic mass is 16.5. The van der Waals surface area contributed by atoms with E-state index < -0.39 is 6.10 Å². The normalized spacial score (nSPS) is 14.6. The molecule has 0 aliphatic rings. The Morgan fingerprint density at radius 1 is 1.25 bits per heavy atom. The number of rotatable bonds is 5. The van der Waals surface area contributed by atoms with Gasteiger partial charge in [-0.2, -0.15) is 0 Å². The Balaban J connectivity index is 2.61. The molecule has 2 N–H and O–H groups in total. The fourth-order valence-electron chi connectivity index (χ4n) is 1.43. The van der Waals surface area contributed by atoms with E-state index in [1.54, 1.807) is 13.8 Å². The Hall–Kier alpha value is -1.06. The van der Waals surface area contributed by atoms with E-state index in [0.29, 0.717) is 13.0 Å². The maximum absolute atomic E-state index is 9.41. The van der Waals surface area contributed by atoms with E-state index in [9.17, 15) is 5.11 Å². The topological polar surface area (TPSA) is 49.7 Å². The second kappa shape index (κ2) is 5.87. The molecule has 0 heterocycles. The molecule has 2 unspecified atom stereocenters. The molecule has 16 heavy (non-hydrogen) atoms. The number of aliphatic hydroxyl groups excluding tert-OH is 2. The summed E-state index contributed by atoms with van der Waals surface area (Å²) in [5.74, 6) is 0.810. The van der Waals surface area contributed by atoms with Gasteiger partial charge in [-0.05, 0) is 44.0 Å². The van der Waals surface area contributed by atoms with E-state index in [4.69, 9.17) is 9.84 Å². The van der Waals surface area contributed by atoms with E-state index in [0.717, 1.165) is 16.9 Å². The zero-order valence-corrected chi connectivity index (χ0v) is 10.1. The molecule has 0 saturated carbocycles. The third-order valence-corrected chi connectivity index (χ3v) is 2.47. The smallest absolute Gasteiger partial charge is 0.122 e. The second-order valence-electron chi connectivity index (χ2n) is 4.19. The van der Waals surface area contributed by atoms with Crippen LogP contribution in [0.15, 0.2) is 18.2 Å². The van der Waals surface area contributed by atoms with Gasteiger partial charge in [0.05, 0.1) is 18.8 Å². The lowest BCUT2D eigenvalue weighted by Crippen LogP contribution is -2.08. The van der Waals surface area contributed by atoms with Crippen molar-refractivity contribution in [3.05, 3.63) is 29.3 Å². The van der Waals surface area contributed by atoms with E-state index >= 15 is 0 Å². The number of hydrogen-bond acceptors (Lipinski definition) is 3. The van der Waals surface area contributed by atoms with E-state index in [-0.39, 0.29) is 6.10 Å². The van der Waals surface area contributed by atoms with Crippen LogP contribution >= 0.6 is 0 Å². The van der Waals surface area contributed by atoms with Crippen molar-refractivity contribution in [1.29, 1.82) is 0 Å². The number of aryl methyl sites for hydroxylation is 1. The average Bonchev–Trinajstić information content (AvgIpc) is 2.19. The summed E-state index contributed by atoms with van der Waals surface area (Å²) >= 11 is 0. The first kappa shape index (κ1) is 13.0. The summed E-state index contributed by atoms with van der Waals surface area (Å²) in [4.78, 5) is 0. The fraction of sp³-hybridized carbons (Fsp3) is 0.538. The second-order valence-corrected chi connectivity index (χ2v) is 4.19. The third kappa shape index (κ3) is 3.83. The molecule has 0 radical (unpaired) electrons. The van der Waals surface area contributed by atoms with Crippen LogP contribution < -0.4 is 4.74 Å². The van der Waals surface area contributed by atoms with E-state index in [1.807, 2.05) is 25.1 Å². The first-order valence-corrected chi connectivity index (χ1v) is 5.60. The lowest BCUT2D eigenvalue weighted by molar-refractivity contribution is 0.155. The summed E-state index contributed by atoms with van der Waals surface area (Å²) in [6.45, 7) is 5.94. The average molecular weight is 224 g/mol. The molecule has 0 aromatic heterocycles. The standard InChI is InChI=1S/C13H20O3/c1-9-8-12(11(3)15)4-5-13(9)16-7-6-10(2)14/h4-5,8,10-11,14-15H,6-7H2,1-3H3. The van der Waals surface area contributed by atoms with E-state index in [2.05, 4.69) is 0 Å². The lowest BCUT2D eigenvalue weighted by Gasteiger charge is -2.12.